The first-order chi connectivity index (χ1) is 10.7. The predicted octanol–water partition coefficient (Wildman–Crippen LogP) is 4.02. The van der Waals surface area contributed by atoms with Crippen LogP contribution in [0.15, 0.2) is 48.5 Å². The van der Waals surface area contributed by atoms with E-state index in [1.54, 1.807) is 12.1 Å². The van der Waals surface area contributed by atoms with Crippen LogP contribution in [0.4, 0.5) is 5.69 Å². The van der Waals surface area contributed by atoms with E-state index in [1.807, 2.05) is 31.2 Å². The molecule has 0 amide bonds. The summed E-state index contributed by atoms with van der Waals surface area (Å²) in [5.74, 6) is -0.923. The van der Waals surface area contributed by atoms with Crippen molar-refractivity contribution < 1.29 is 14.6 Å². The topological polar surface area (TPSA) is 58.6 Å². The van der Waals surface area contributed by atoms with Gasteiger partial charge < -0.3 is 15.2 Å². The van der Waals surface area contributed by atoms with Crippen LogP contribution in [-0.4, -0.2) is 17.7 Å². The summed E-state index contributed by atoms with van der Waals surface area (Å²) in [7, 11) is 0. The van der Waals surface area contributed by atoms with E-state index in [-0.39, 0.29) is 12.1 Å². The van der Waals surface area contributed by atoms with E-state index in [1.165, 1.54) is 0 Å². The maximum Gasteiger partial charge on any atom is 0.337 e. The quantitative estimate of drug-likeness (QED) is 0.895. The second kappa shape index (κ2) is 6.20. The molecule has 4 nitrogen and oxygen atoms in total. The summed E-state index contributed by atoms with van der Waals surface area (Å²) in [4.78, 5) is 11.5. The van der Waals surface area contributed by atoms with Crippen LogP contribution in [0.3, 0.4) is 0 Å². The van der Waals surface area contributed by atoms with Crippen molar-refractivity contribution in [1.29, 1.82) is 0 Å². The number of nitrogens with one attached hydrogen (secondary N) is 1. The summed E-state index contributed by atoms with van der Waals surface area (Å²) in [6.07, 6.45) is 0.694. The van der Waals surface area contributed by atoms with Gasteiger partial charge in [-0.25, -0.2) is 4.79 Å². The molecule has 0 spiro atoms. The molecule has 1 aliphatic rings. The SMILES string of the molecule is CCO[C@H]1C[C@@H](c2ccccc2)Nc2c(C(=O)O)cccc21. The Morgan fingerprint density at radius 1 is 1.23 bits per heavy atom. The molecule has 0 unspecified atom stereocenters. The highest BCUT2D eigenvalue weighted by atomic mass is 16.5. The van der Waals surface area contributed by atoms with Crippen molar-refractivity contribution in [2.75, 3.05) is 11.9 Å². The number of hydrogen-bond donors (Lipinski definition) is 2. The third-order valence-corrected chi connectivity index (χ3v) is 4.01. The number of carboxylic acids is 1. The molecule has 2 atom stereocenters. The summed E-state index contributed by atoms with van der Waals surface area (Å²) in [6, 6.07) is 15.5. The lowest BCUT2D eigenvalue weighted by Gasteiger charge is -2.34. The van der Waals surface area contributed by atoms with Crippen LogP contribution in [0.25, 0.3) is 0 Å². The molecule has 2 N–H and O–H groups in total. The minimum absolute atomic E-state index is 0.0470. The average molecular weight is 297 g/mol. The van der Waals surface area contributed by atoms with E-state index < -0.39 is 5.97 Å². The van der Waals surface area contributed by atoms with Gasteiger partial charge in [-0.05, 0) is 18.6 Å². The Labute approximate surface area is 129 Å². The van der Waals surface area contributed by atoms with Gasteiger partial charge >= 0.3 is 5.97 Å². The molecule has 3 rings (SSSR count). The standard InChI is InChI=1S/C18H19NO3/c1-2-22-16-11-15(12-7-4-3-5-8-12)19-17-13(16)9-6-10-14(17)18(20)21/h3-10,15-16,19H,2,11H2,1H3,(H,20,21)/t15-,16-/m0/s1. The third-order valence-electron chi connectivity index (χ3n) is 4.01. The number of anilines is 1. The Morgan fingerprint density at radius 2 is 2.00 bits per heavy atom. The first kappa shape index (κ1) is 14.6. The molecule has 0 radical (unpaired) electrons. The summed E-state index contributed by atoms with van der Waals surface area (Å²) in [5, 5.41) is 12.8. The van der Waals surface area contributed by atoms with Crippen LogP contribution in [0.5, 0.6) is 0 Å². The molecule has 2 aromatic carbocycles. The average Bonchev–Trinajstić information content (AvgIpc) is 2.55. The first-order valence-electron chi connectivity index (χ1n) is 7.50. The molecule has 22 heavy (non-hydrogen) atoms. The molecule has 0 fully saturated rings. The smallest absolute Gasteiger partial charge is 0.337 e. The Bertz CT molecular complexity index is 669. The number of benzene rings is 2. The molecule has 0 saturated heterocycles. The summed E-state index contributed by atoms with van der Waals surface area (Å²) in [6.45, 7) is 2.56. The number of aromatic carboxylic acids is 1. The van der Waals surface area contributed by atoms with E-state index in [0.29, 0.717) is 17.9 Å². The van der Waals surface area contributed by atoms with Crippen LogP contribution in [0.2, 0.25) is 0 Å². The largest absolute Gasteiger partial charge is 0.478 e. The van der Waals surface area contributed by atoms with Crippen LogP contribution < -0.4 is 5.32 Å². The fraction of sp³-hybridized carbons (Fsp3) is 0.278. The summed E-state index contributed by atoms with van der Waals surface area (Å²) >= 11 is 0. The maximum absolute atomic E-state index is 11.5. The lowest BCUT2D eigenvalue weighted by molar-refractivity contribution is 0.0496. The molecule has 0 bridgehead atoms. The molecular formula is C18H19NO3. The monoisotopic (exact) mass is 297 g/mol. The van der Waals surface area contributed by atoms with E-state index in [9.17, 15) is 9.90 Å². The van der Waals surface area contributed by atoms with Gasteiger partial charge in [0.05, 0.1) is 23.4 Å². The molecule has 0 saturated carbocycles. The van der Waals surface area contributed by atoms with Gasteiger partial charge in [-0.15, -0.1) is 0 Å². The molecule has 0 aromatic heterocycles. The third kappa shape index (κ3) is 2.70. The Morgan fingerprint density at radius 3 is 2.68 bits per heavy atom. The van der Waals surface area contributed by atoms with E-state index in [2.05, 4.69) is 17.4 Å². The van der Waals surface area contributed by atoms with E-state index in [0.717, 1.165) is 17.5 Å². The molecule has 1 aliphatic heterocycles. The van der Waals surface area contributed by atoms with Crippen LogP contribution in [0.1, 0.15) is 47.0 Å². The number of fused-ring (bicyclic) bond motifs is 1. The van der Waals surface area contributed by atoms with Crippen LogP contribution in [-0.2, 0) is 4.74 Å². The fourth-order valence-electron chi connectivity index (χ4n) is 3.02. The number of para-hydroxylation sites is 1. The van der Waals surface area contributed by atoms with Gasteiger partial charge in [0, 0.05) is 18.6 Å². The highest BCUT2D eigenvalue weighted by Gasteiger charge is 2.30. The maximum atomic E-state index is 11.5. The number of rotatable bonds is 4. The predicted molar refractivity (Wildman–Crippen MR) is 85.2 cm³/mol. The van der Waals surface area contributed by atoms with Gasteiger partial charge in [0.25, 0.3) is 0 Å². The van der Waals surface area contributed by atoms with E-state index in [4.69, 9.17) is 4.74 Å². The van der Waals surface area contributed by atoms with Crippen molar-refractivity contribution in [1.82, 2.24) is 0 Å². The van der Waals surface area contributed by atoms with E-state index >= 15 is 0 Å². The summed E-state index contributed by atoms with van der Waals surface area (Å²) < 4.78 is 5.86. The zero-order valence-electron chi connectivity index (χ0n) is 12.5. The minimum atomic E-state index is -0.923. The molecule has 4 heteroatoms. The second-order valence-corrected chi connectivity index (χ2v) is 5.36. The minimum Gasteiger partial charge on any atom is -0.478 e. The van der Waals surface area contributed by atoms with Crippen molar-refractivity contribution in [3.05, 3.63) is 65.2 Å². The highest BCUT2D eigenvalue weighted by Crippen LogP contribution is 2.42. The van der Waals surface area contributed by atoms with Crippen LogP contribution in [0, 0.1) is 0 Å². The zero-order chi connectivity index (χ0) is 15.5. The molecule has 2 aromatic rings. The van der Waals surface area contributed by atoms with Gasteiger partial charge in [-0.3, -0.25) is 0 Å². The number of carboxylic acid groups (broad SMARTS) is 1. The number of ether oxygens (including phenoxy) is 1. The van der Waals surface area contributed by atoms with Gasteiger partial charge in [0.2, 0.25) is 0 Å². The van der Waals surface area contributed by atoms with Crippen molar-refractivity contribution >= 4 is 11.7 Å². The van der Waals surface area contributed by atoms with Gasteiger partial charge in [0.1, 0.15) is 0 Å². The lowest BCUT2D eigenvalue weighted by atomic mass is 9.89. The Hall–Kier alpha value is -2.33. The lowest BCUT2D eigenvalue weighted by Crippen LogP contribution is -2.25. The highest BCUT2D eigenvalue weighted by molar-refractivity contribution is 5.95. The van der Waals surface area contributed by atoms with Crippen molar-refractivity contribution in [2.45, 2.75) is 25.5 Å². The fourth-order valence-corrected chi connectivity index (χ4v) is 3.02. The second-order valence-electron chi connectivity index (χ2n) is 5.36. The molecule has 0 aliphatic carbocycles. The van der Waals surface area contributed by atoms with Crippen LogP contribution >= 0.6 is 0 Å². The number of hydrogen-bond acceptors (Lipinski definition) is 3. The van der Waals surface area contributed by atoms with Gasteiger partial charge in [-0.2, -0.15) is 0 Å². The van der Waals surface area contributed by atoms with Crippen molar-refractivity contribution in [3.63, 3.8) is 0 Å². The Kier molecular flexibility index (Phi) is 4.11. The molecular weight excluding hydrogens is 278 g/mol. The first-order valence-corrected chi connectivity index (χ1v) is 7.50. The van der Waals surface area contributed by atoms with Gasteiger partial charge in [-0.1, -0.05) is 42.5 Å². The summed E-state index contributed by atoms with van der Waals surface area (Å²) in [5.41, 5.74) is 3.03. The Balaban J connectivity index is 2.04. The number of carbonyl (C=O) groups is 1. The molecule has 1 heterocycles. The van der Waals surface area contributed by atoms with Gasteiger partial charge in [0.15, 0.2) is 0 Å². The normalized spacial score (nSPS) is 20.0. The van der Waals surface area contributed by atoms with Crippen molar-refractivity contribution in [2.24, 2.45) is 0 Å². The zero-order valence-corrected chi connectivity index (χ0v) is 12.5. The van der Waals surface area contributed by atoms with Crippen molar-refractivity contribution in [3.8, 4) is 0 Å². The molecule has 114 valence electrons.